The highest BCUT2D eigenvalue weighted by Crippen LogP contribution is 2.69. The van der Waals surface area contributed by atoms with Crippen LogP contribution in [0.25, 0.3) is 0 Å². The third kappa shape index (κ3) is 4.14. The first-order valence-electron chi connectivity index (χ1n) is 15.6. The molecule has 3 saturated carbocycles. The second kappa shape index (κ2) is 9.01. The SMILES string of the molecule is Cc1ncc2c(n1)CC1[C@H]3OC(C)(C)O[C@@H]3[C@H]3[C@@H]4CC[C@H]([C@H](C)CCCC(C)C)[C@@]4(C)CC[C@@H]3[C@@]1(C)C2. The summed E-state index contributed by atoms with van der Waals surface area (Å²) in [4.78, 5) is 9.53. The Labute approximate surface area is 226 Å². The Hall–Kier alpha value is -1.00. The van der Waals surface area contributed by atoms with Gasteiger partial charge in [0.25, 0.3) is 0 Å². The van der Waals surface area contributed by atoms with Gasteiger partial charge in [-0.2, -0.15) is 0 Å². The molecule has 1 unspecified atom stereocenters. The molecule has 4 fully saturated rings. The Morgan fingerprint density at radius 3 is 2.41 bits per heavy atom. The number of aryl methyl sites for hydroxylation is 1. The van der Waals surface area contributed by atoms with Crippen LogP contribution in [0.5, 0.6) is 0 Å². The Balaban J connectivity index is 1.33. The van der Waals surface area contributed by atoms with Crippen molar-refractivity contribution in [2.75, 3.05) is 0 Å². The number of nitrogens with zero attached hydrogens (tertiary/aromatic N) is 2. The number of hydrogen-bond acceptors (Lipinski definition) is 4. The van der Waals surface area contributed by atoms with Crippen LogP contribution in [0.15, 0.2) is 6.20 Å². The van der Waals surface area contributed by atoms with Crippen LogP contribution < -0.4 is 0 Å². The lowest BCUT2D eigenvalue weighted by atomic mass is 9.43. The largest absolute Gasteiger partial charge is 0.344 e. The van der Waals surface area contributed by atoms with Crippen molar-refractivity contribution in [3.63, 3.8) is 0 Å². The Morgan fingerprint density at radius 2 is 1.65 bits per heavy atom. The molecule has 0 aromatic carbocycles. The summed E-state index contributed by atoms with van der Waals surface area (Å²) >= 11 is 0. The second-order valence-corrected chi connectivity index (χ2v) is 15.3. The maximum absolute atomic E-state index is 6.91. The van der Waals surface area contributed by atoms with E-state index in [-0.39, 0.29) is 17.6 Å². The fourth-order valence-corrected chi connectivity index (χ4v) is 10.6. The van der Waals surface area contributed by atoms with E-state index in [1.165, 1.54) is 56.2 Å². The van der Waals surface area contributed by atoms with Gasteiger partial charge in [-0.05, 0) is 117 Å². The van der Waals surface area contributed by atoms with Crippen LogP contribution in [-0.4, -0.2) is 28.0 Å². The summed E-state index contributed by atoms with van der Waals surface area (Å²) in [5, 5.41) is 0. The lowest BCUT2D eigenvalue weighted by molar-refractivity contribution is -0.173. The molecule has 0 N–H and O–H groups in total. The minimum Gasteiger partial charge on any atom is -0.344 e. The van der Waals surface area contributed by atoms with E-state index in [9.17, 15) is 0 Å². The standard InChI is InChI=1S/C33H52N2O2/c1-19(2)10-9-11-20(3)23-12-13-24-28-25(14-15-32(23,24)7)33(8)17-22-18-34-21(4)35-27(22)16-26(33)29-30(28)37-31(5,6)36-29/h18-20,23-26,28-30H,9-17H2,1-8H3/t20-,23-,24+,25+,26?,28+,29-,30-,32-,33-/m1/s1. The van der Waals surface area contributed by atoms with Crippen LogP contribution >= 0.6 is 0 Å². The first kappa shape index (κ1) is 26.2. The van der Waals surface area contributed by atoms with E-state index in [2.05, 4.69) is 59.6 Å². The number of ether oxygens (including phenoxy) is 2. The normalized spacial score (nSPS) is 44.5. The van der Waals surface area contributed by atoms with Gasteiger partial charge in [-0.3, -0.25) is 0 Å². The predicted molar refractivity (Wildman–Crippen MR) is 148 cm³/mol. The van der Waals surface area contributed by atoms with Crippen molar-refractivity contribution >= 4 is 0 Å². The van der Waals surface area contributed by atoms with Crippen LogP contribution in [0.2, 0.25) is 0 Å². The molecule has 10 atom stereocenters. The van der Waals surface area contributed by atoms with Crippen molar-refractivity contribution in [3.8, 4) is 0 Å². The highest BCUT2D eigenvalue weighted by atomic mass is 16.8. The lowest BCUT2D eigenvalue weighted by Crippen LogP contribution is -2.63. The minimum atomic E-state index is -0.497. The Morgan fingerprint density at radius 1 is 0.919 bits per heavy atom. The third-order valence-corrected chi connectivity index (χ3v) is 12.2. The summed E-state index contributed by atoms with van der Waals surface area (Å²) < 4.78 is 13.8. The van der Waals surface area contributed by atoms with Crippen molar-refractivity contribution < 1.29 is 9.47 Å². The summed E-state index contributed by atoms with van der Waals surface area (Å²) in [5.74, 6) is 5.42. The average Bonchev–Trinajstić information content (AvgIpc) is 3.33. The van der Waals surface area contributed by atoms with Crippen LogP contribution in [0.4, 0.5) is 0 Å². The van der Waals surface area contributed by atoms with E-state index in [1.807, 2.05) is 6.92 Å². The molecular weight excluding hydrogens is 456 g/mol. The maximum Gasteiger partial charge on any atom is 0.163 e. The van der Waals surface area contributed by atoms with E-state index >= 15 is 0 Å². The second-order valence-electron chi connectivity index (χ2n) is 15.3. The number of fused-ring (bicyclic) bond motifs is 9. The summed E-state index contributed by atoms with van der Waals surface area (Å²) in [6.07, 6.45) is 14.3. The molecule has 206 valence electrons. The first-order valence-corrected chi connectivity index (χ1v) is 15.6. The Bertz CT molecular complexity index is 1020. The first-order chi connectivity index (χ1) is 17.4. The van der Waals surface area contributed by atoms with Crippen LogP contribution in [0.3, 0.4) is 0 Å². The van der Waals surface area contributed by atoms with E-state index in [0.29, 0.717) is 23.2 Å². The molecule has 4 heteroatoms. The van der Waals surface area contributed by atoms with Gasteiger partial charge in [-0.15, -0.1) is 0 Å². The third-order valence-electron chi connectivity index (χ3n) is 12.2. The predicted octanol–water partition coefficient (Wildman–Crippen LogP) is 7.56. The molecule has 0 amide bonds. The number of rotatable bonds is 5. The zero-order chi connectivity index (χ0) is 26.3. The van der Waals surface area contributed by atoms with Gasteiger partial charge in [-0.25, -0.2) is 9.97 Å². The molecule has 37 heavy (non-hydrogen) atoms. The van der Waals surface area contributed by atoms with Gasteiger partial charge in [0.15, 0.2) is 5.79 Å². The molecular formula is C33H52N2O2. The quantitative estimate of drug-likeness (QED) is 0.412. The number of hydrogen-bond donors (Lipinski definition) is 0. The summed E-state index contributed by atoms with van der Waals surface area (Å²) in [5.41, 5.74) is 3.31. The monoisotopic (exact) mass is 508 g/mol. The van der Waals surface area contributed by atoms with Gasteiger partial charge in [0.05, 0.1) is 12.2 Å². The molecule has 5 aliphatic rings. The smallest absolute Gasteiger partial charge is 0.163 e. The summed E-state index contributed by atoms with van der Waals surface area (Å²) in [6.45, 7) is 18.9. The summed E-state index contributed by atoms with van der Waals surface area (Å²) in [6, 6.07) is 0. The van der Waals surface area contributed by atoms with Crippen molar-refractivity contribution in [3.05, 3.63) is 23.3 Å². The molecule has 1 aromatic heterocycles. The fourth-order valence-electron chi connectivity index (χ4n) is 10.6. The van der Waals surface area contributed by atoms with Crippen molar-refractivity contribution in [1.29, 1.82) is 0 Å². The van der Waals surface area contributed by atoms with Crippen molar-refractivity contribution in [2.24, 2.45) is 52.3 Å². The topological polar surface area (TPSA) is 44.2 Å². The Kier molecular flexibility index (Phi) is 6.39. The molecule has 1 aromatic rings. The van der Waals surface area contributed by atoms with E-state index < -0.39 is 5.79 Å². The molecule has 1 aliphatic heterocycles. The molecule has 4 aliphatic carbocycles. The molecule has 0 bridgehead atoms. The van der Waals surface area contributed by atoms with Gasteiger partial charge in [0, 0.05) is 11.9 Å². The maximum atomic E-state index is 6.91. The van der Waals surface area contributed by atoms with Gasteiger partial charge < -0.3 is 9.47 Å². The number of aromatic nitrogens is 2. The molecule has 1 saturated heterocycles. The molecule has 4 nitrogen and oxygen atoms in total. The van der Waals surface area contributed by atoms with Gasteiger partial charge in [0.2, 0.25) is 0 Å². The zero-order valence-electron chi connectivity index (χ0n) is 24.8. The highest BCUT2D eigenvalue weighted by Gasteiger charge is 2.68. The van der Waals surface area contributed by atoms with Gasteiger partial charge >= 0.3 is 0 Å². The lowest BCUT2D eigenvalue weighted by Gasteiger charge is -2.63. The minimum absolute atomic E-state index is 0.175. The van der Waals surface area contributed by atoms with Crippen LogP contribution in [0.1, 0.15) is 110 Å². The van der Waals surface area contributed by atoms with Crippen molar-refractivity contribution in [2.45, 2.75) is 131 Å². The zero-order valence-corrected chi connectivity index (χ0v) is 24.8. The fraction of sp³-hybridized carbons (Fsp3) is 0.879. The summed E-state index contributed by atoms with van der Waals surface area (Å²) in [7, 11) is 0. The molecule has 2 heterocycles. The van der Waals surface area contributed by atoms with E-state index in [1.54, 1.807) is 0 Å². The van der Waals surface area contributed by atoms with Crippen LogP contribution in [-0.2, 0) is 22.3 Å². The molecule has 6 rings (SSSR count). The van der Waals surface area contributed by atoms with E-state index in [4.69, 9.17) is 14.5 Å². The van der Waals surface area contributed by atoms with Gasteiger partial charge in [-0.1, -0.05) is 53.9 Å². The molecule has 0 spiro atoms. The van der Waals surface area contributed by atoms with Gasteiger partial charge in [0.1, 0.15) is 5.82 Å². The van der Waals surface area contributed by atoms with Crippen molar-refractivity contribution in [1.82, 2.24) is 9.97 Å². The average molecular weight is 509 g/mol. The highest BCUT2D eigenvalue weighted by molar-refractivity contribution is 5.28. The molecule has 0 radical (unpaired) electrons. The van der Waals surface area contributed by atoms with E-state index in [0.717, 1.165) is 42.3 Å². The van der Waals surface area contributed by atoms with Crippen LogP contribution in [0, 0.1) is 59.2 Å².